The van der Waals surface area contributed by atoms with Crippen molar-refractivity contribution in [1.29, 1.82) is 5.26 Å². The van der Waals surface area contributed by atoms with Crippen molar-refractivity contribution in [3.8, 4) is 6.07 Å². The normalized spacial score (nSPS) is 8.70. The molecule has 0 aromatic carbocycles. The fourth-order valence-corrected chi connectivity index (χ4v) is 0.541. The molecule has 4 nitrogen and oxygen atoms in total. The van der Waals surface area contributed by atoms with E-state index in [4.69, 9.17) is 11.0 Å². The fourth-order valence-electron chi connectivity index (χ4n) is 0.541. The number of rotatable bonds is 1. The molecule has 0 saturated carbocycles. The average molecular weight is 134 g/mol. The number of hydrogen-bond donors (Lipinski definition) is 2. The maximum atomic E-state index is 8.34. The van der Waals surface area contributed by atoms with Gasteiger partial charge in [0.05, 0.1) is 11.9 Å². The first-order valence-electron chi connectivity index (χ1n) is 2.64. The van der Waals surface area contributed by atoms with E-state index in [0.717, 1.165) is 0 Å². The van der Waals surface area contributed by atoms with Crippen LogP contribution in [0.15, 0.2) is 12.8 Å². The second-order valence-electron chi connectivity index (χ2n) is 1.78. The van der Waals surface area contributed by atoms with Crippen molar-refractivity contribution in [2.75, 3.05) is 0 Å². The van der Waals surface area contributed by atoms with Gasteiger partial charge in [-0.05, 0) is 0 Å². The zero-order valence-electron chi connectivity index (χ0n) is 5.26. The van der Waals surface area contributed by atoms with Gasteiger partial charge in [0.1, 0.15) is 11.8 Å². The van der Waals surface area contributed by atoms with Crippen LogP contribution in [0.3, 0.4) is 0 Å². The van der Waals surface area contributed by atoms with Crippen molar-refractivity contribution in [1.82, 2.24) is 9.97 Å². The Hall–Kier alpha value is -1.76. The summed E-state index contributed by atoms with van der Waals surface area (Å²) in [4.78, 5) is 6.45. The largest absolute Gasteiger partial charge is 0.396 e. The van der Waals surface area contributed by atoms with Gasteiger partial charge < -0.3 is 10.7 Å². The Balaban J connectivity index is 3.02. The average Bonchev–Trinajstić information content (AvgIpc) is 2.34. The molecule has 4 heteroatoms. The summed E-state index contributed by atoms with van der Waals surface area (Å²) in [5.74, 6) is 0.455. The Morgan fingerprint density at radius 3 is 2.90 bits per heavy atom. The quantitative estimate of drug-likeness (QED) is 0.576. The molecule has 0 aliphatic carbocycles. The number of nitrogens with two attached hydrogens (primary N) is 1. The molecule has 0 atom stereocenters. The number of nitrogens with zero attached hydrogens (tertiary/aromatic N) is 2. The predicted molar refractivity (Wildman–Crippen MR) is 36.5 cm³/mol. The van der Waals surface area contributed by atoms with E-state index in [1.165, 1.54) is 6.20 Å². The van der Waals surface area contributed by atoms with Gasteiger partial charge in [-0.25, -0.2) is 4.98 Å². The van der Waals surface area contributed by atoms with E-state index in [9.17, 15) is 0 Å². The number of nitriles is 1. The summed E-state index contributed by atoms with van der Waals surface area (Å²) in [6.07, 6.45) is 1.41. The third-order valence-corrected chi connectivity index (χ3v) is 1.00. The maximum absolute atomic E-state index is 8.34. The van der Waals surface area contributed by atoms with Crippen molar-refractivity contribution < 1.29 is 0 Å². The molecule has 0 radical (unpaired) electrons. The minimum Gasteiger partial charge on any atom is -0.396 e. The lowest BCUT2D eigenvalue weighted by atomic mass is 10.5. The molecule has 0 bridgehead atoms. The lowest BCUT2D eigenvalue weighted by Gasteiger charge is -1.88. The minimum atomic E-state index is 0.335. The molecule has 50 valence electrons. The molecular formula is C6H6N4. The van der Waals surface area contributed by atoms with Crippen LogP contribution in [0.4, 0.5) is 0 Å². The van der Waals surface area contributed by atoms with Gasteiger partial charge in [-0.1, -0.05) is 6.58 Å². The molecule has 0 unspecified atom stereocenters. The minimum absolute atomic E-state index is 0.335. The Morgan fingerprint density at radius 1 is 1.90 bits per heavy atom. The van der Waals surface area contributed by atoms with Crippen LogP contribution in [-0.4, -0.2) is 9.97 Å². The van der Waals surface area contributed by atoms with Crippen LogP contribution in [0, 0.1) is 11.3 Å². The zero-order valence-corrected chi connectivity index (χ0v) is 5.26. The van der Waals surface area contributed by atoms with Crippen LogP contribution in [-0.2, 0) is 0 Å². The second kappa shape index (κ2) is 2.23. The third kappa shape index (κ3) is 0.977. The Kier molecular flexibility index (Phi) is 1.42. The molecule has 1 aromatic rings. The van der Waals surface area contributed by atoms with Crippen LogP contribution in [0.5, 0.6) is 0 Å². The molecule has 0 spiro atoms. The zero-order chi connectivity index (χ0) is 7.56. The summed E-state index contributed by atoms with van der Waals surface area (Å²) in [7, 11) is 0. The van der Waals surface area contributed by atoms with E-state index in [0.29, 0.717) is 17.2 Å². The Bertz CT molecular complexity index is 291. The number of H-pyrrole nitrogens is 1. The van der Waals surface area contributed by atoms with E-state index < -0.39 is 0 Å². The van der Waals surface area contributed by atoms with E-state index >= 15 is 0 Å². The van der Waals surface area contributed by atoms with Gasteiger partial charge >= 0.3 is 0 Å². The van der Waals surface area contributed by atoms with Crippen molar-refractivity contribution in [2.45, 2.75) is 0 Å². The van der Waals surface area contributed by atoms with Crippen molar-refractivity contribution in [3.05, 3.63) is 24.3 Å². The monoisotopic (exact) mass is 134 g/mol. The summed E-state index contributed by atoms with van der Waals surface area (Å²) in [6.45, 7) is 3.45. The smallest absolute Gasteiger partial charge is 0.153 e. The van der Waals surface area contributed by atoms with E-state index in [1.807, 2.05) is 6.07 Å². The molecule has 10 heavy (non-hydrogen) atoms. The van der Waals surface area contributed by atoms with Crippen LogP contribution < -0.4 is 5.73 Å². The maximum Gasteiger partial charge on any atom is 0.153 e. The van der Waals surface area contributed by atoms with Crippen LogP contribution in [0.1, 0.15) is 11.5 Å². The number of hydrogen-bond acceptors (Lipinski definition) is 3. The highest BCUT2D eigenvalue weighted by atomic mass is 14.9. The standard InChI is InChI=1S/C6H6N4/c1-4(8)6-9-3-5(2-7)10-6/h3H,1,8H2,(H,9,10). The first-order chi connectivity index (χ1) is 4.74. The van der Waals surface area contributed by atoms with E-state index in [2.05, 4.69) is 16.5 Å². The molecule has 3 N–H and O–H groups in total. The number of nitrogens with one attached hydrogen (secondary N) is 1. The van der Waals surface area contributed by atoms with Gasteiger partial charge in [-0.3, -0.25) is 0 Å². The molecule has 0 fully saturated rings. The summed E-state index contributed by atoms with van der Waals surface area (Å²) in [6, 6.07) is 1.89. The van der Waals surface area contributed by atoms with Crippen LogP contribution >= 0.6 is 0 Å². The summed E-state index contributed by atoms with van der Waals surface area (Å²) < 4.78 is 0. The number of imidazole rings is 1. The summed E-state index contributed by atoms with van der Waals surface area (Å²) >= 11 is 0. The SMILES string of the molecule is C=C(N)c1ncc(C#N)[nH]1. The van der Waals surface area contributed by atoms with Gasteiger partial charge in [0.15, 0.2) is 5.82 Å². The van der Waals surface area contributed by atoms with E-state index in [1.54, 1.807) is 0 Å². The topological polar surface area (TPSA) is 78.5 Å². The van der Waals surface area contributed by atoms with Gasteiger partial charge in [0.25, 0.3) is 0 Å². The van der Waals surface area contributed by atoms with Crippen molar-refractivity contribution in [2.24, 2.45) is 5.73 Å². The molecule has 0 aliphatic heterocycles. The lowest BCUT2D eigenvalue weighted by Crippen LogP contribution is -1.95. The Morgan fingerprint density at radius 2 is 2.60 bits per heavy atom. The van der Waals surface area contributed by atoms with Crippen LogP contribution in [0.2, 0.25) is 0 Å². The van der Waals surface area contributed by atoms with Crippen LogP contribution in [0.25, 0.3) is 5.70 Å². The molecule has 1 rings (SSSR count). The molecular weight excluding hydrogens is 128 g/mol. The van der Waals surface area contributed by atoms with Gasteiger partial charge in [0.2, 0.25) is 0 Å². The number of aromatic nitrogens is 2. The molecule has 0 aliphatic rings. The third-order valence-electron chi connectivity index (χ3n) is 1.00. The predicted octanol–water partition coefficient (Wildman–Crippen LogP) is 0.211. The summed E-state index contributed by atoms with van der Waals surface area (Å²) in [5, 5.41) is 8.34. The number of aromatic amines is 1. The first kappa shape index (κ1) is 6.36. The highest BCUT2D eigenvalue weighted by Crippen LogP contribution is 1.99. The molecule has 0 saturated heterocycles. The van der Waals surface area contributed by atoms with Gasteiger partial charge in [-0.15, -0.1) is 0 Å². The second-order valence-corrected chi connectivity index (χ2v) is 1.78. The summed E-state index contributed by atoms with van der Waals surface area (Å²) in [5.41, 5.74) is 6.01. The van der Waals surface area contributed by atoms with Crippen molar-refractivity contribution >= 4 is 5.70 Å². The highest BCUT2D eigenvalue weighted by Gasteiger charge is 1.98. The Labute approximate surface area is 58.0 Å². The van der Waals surface area contributed by atoms with E-state index in [-0.39, 0.29) is 0 Å². The van der Waals surface area contributed by atoms with Gasteiger partial charge in [0, 0.05) is 0 Å². The molecule has 0 amide bonds. The molecule has 1 heterocycles. The highest BCUT2D eigenvalue weighted by molar-refractivity contribution is 5.53. The van der Waals surface area contributed by atoms with Gasteiger partial charge in [-0.2, -0.15) is 5.26 Å². The fraction of sp³-hybridized carbons (Fsp3) is 0. The lowest BCUT2D eigenvalue weighted by molar-refractivity contribution is 1.21. The van der Waals surface area contributed by atoms with Crippen molar-refractivity contribution in [3.63, 3.8) is 0 Å². The molecule has 1 aromatic heterocycles. The first-order valence-corrected chi connectivity index (χ1v) is 2.64.